The quantitative estimate of drug-likeness (QED) is 0.550. The molecule has 2 aromatic carbocycles. The van der Waals surface area contributed by atoms with Crippen molar-refractivity contribution in [1.82, 2.24) is 15.6 Å². The van der Waals surface area contributed by atoms with E-state index in [0.717, 1.165) is 33.1 Å². The van der Waals surface area contributed by atoms with Gasteiger partial charge in [0.25, 0.3) is 0 Å². The van der Waals surface area contributed by atoms with Crippen LogP contribution in [0, 0.1) is 6.92 Å². The Kier molecular flexibility index (Phi) is 4.83. The summed E-state index contributed by atoms with van der Waals surface area (Å²) in [6.45, 7) is 3.91. The van der Waals surface area contributed by atoms with Gasteiger partial charge in [-0.15, -0.1) is 11.3 Å². The van der Waals surface area contributed by atoms with E-state index in [1.807, 2.05) is 31.4 Å². The number of rotatable bonds is 3. The minimum absolute atomic E-state index is 0.00355. The summed E-state index contributed by atoms with van der Waals surface area (Å²) in [6.07, 6.45) is 0. The zero-order chi connectivity index (χ0) is 19.8. The molecule has 0 saturated carbocycles. The Labute approximate surface area is 171 Å². The first-order valence-electron chi connectivity index (χ1n) is 8.72. The van der Waals surface area contributed by atoms with E-state index in [2.05, 4.69) is 22.8 Å². The Morgan fingerprint density at radius 2 is 1.89 bits per heavy atom. The number of hydrogen-bond donors (Lipinski definition) is 3. The van der Waals surface area contributed by atoms with Gasteiger partial charge in [0.2, 0.25) is 0 Å². The second-order valence-corrected chi connectivity index (χ2v) is 7.95. The number of aryl methyl sites for hydroxylation is 1. The van der Waals surface area contributed by atoms with E-state index in [1.165, 1.54) is 23.0 Å². The van der Waals surface area contributed by atoms with E-state index < -0.39 is 6.04 Å². The Bertz CT molecular complexity index is 1090. The van der Waals surface area contributed by atoms with Gasteiger partial charge in [0, 0.05) is 22.2 Å². The maximum Gasteiger partial charge on any atom is 0.319 e. The molecule has 7 heteroatoms. The van der Waals surface area contributed by atoms with Crippen molar-refractivity contribution >= 4 is 34.5 Å². The highest BCUT2D eigenvalue weighted by molar-refractivity contribution is 7.11. The third-order valence-corrected chi connectivity index (χ3v) is 5.83. The molecule has 3 N–H and O–H groups in total. The molecule has 2 heterocycles. The van der Waals surface area contributed by atoms with Gasteiger partial charge in [0.1, 0.15) is 10.8 Å². The van der Waals surface area contributed by atoms with Crippen LogP contribution in [-0.4, -0.2) is 16.1 Å². The number of halogens is 1. The molecule has 1 atom stereocenters. The number of thiazole rings is 1. The first-order chi connectivity index (χ1) is 13.4. The number of nitrogens with one attached hydrogen (secondary N) is 2. The van der Waals surface area contributed by atoms with Crippen LogP contribution in [0.5, 0.6) is 5.75 Å². The summed E-state index contributed by atoms with van der Waals surface area (Å²) in [6, 6.07) is 12.5. The number of aromatic hydroxyl groups is 1. The lowest BCUT2D eigenvalue weighted by Crippen LogP contribution is -2.42. The molecule has 0 spiro atoms. The fraction of sp³-hybridized carbons (Fsp3) is 0.143. The van der Waals surface area contributed by atoms with E-state index in [9.17, 15) is 9.90 Å². The minimum Gasteiger partial charge on any atom is -0.506 e. The Morgan fingerprint density at radius 3 is 2.61 bits per heavy atom. The monoisotopic (exact) mass is 411 g/mol. The van der Waals surface area contributed by atoms with Crippen molar-refractivity contribution in [1.29, 1.82) is 0 Å². The van der Waals surface area contributed by atoms with E-state index in [1.54, 1.807) is 12.1 Å². The molecule has 0 bridgehead atoms. The predicted octanol–water partition coefficient (Wildman–Crippen LogP) is 5.26. The van der Waals surface area contributed by atoms with E-state index in [4.69, 9.17) is 16.6 Å². The van der Waals surface area contributed by atoms with Crippen LogP contribution in [0.3, 0.4) is 0 Å². The lowest BCUT2D eigenvalue weighted by molar-refractivity contribution is 0.240. The zero-order valence-electron chi connectivity index (χ0n) is 15.3. The lowest BCUT2D eigenvalue weighted by atomic mass is 9.96. The van der Waals surface area contributed by atoms with Gasteiger partial charge in [-0.25, -0.2) is 9.78 Å². The minimum atomic E-state index is -0.413. The van der Waals surface area contributed by atoms with Crippen LogP contribution in [0.15, 0.2) is 53.5 Å². The molecular formula is C21H18ClN3O2S. The van der Waals surface area contributed by atoms with Crippen LogP contribution >= 0.6 is 22.9 Å². The highest BCUT2D eigenvalue weighted by Crippen LogP contribution is 2.39. The summed E-state index contributed by atoms with van der Waals surface area (Å²) in [7, 11) is 0. The van der Waals surface area contributed by atoms with E-state index in [0.29, 0.717) is 0 Å². The lowest BCUT2D eigenvalue weighted by Gasteiger charge is -2.28. The van der Waals surface area contributed by atoms with Gasteiger partial charge in [0.05, 0.1) is 16.8 Å². The number of allylic oxidation sites excluding steroid dienone is 1. The molecule has 0 radical (unpaired) electrons. The van der Waals surface area contributed by atoms with Crippen LogP contribution in [0.1, 0.15) is 29.1 Å². The zero-order valence-corrected chi connectivity index (χ0v) is 16.9. The van der Waals surface area contributed by atoms with Crippen molar-refractivity contribution in [3.05, 3.63) is 74.7 Å². The molecule has 4 rings (SSSR count). The number of nitrogens with zero attached hydrogens (tertiary/aromatic N) is 1. The number of phenolic OH excluding ortho intramolecular Hbond substituents is 1. The smallest absolute Gasteiger partial charge is 0.319 e. The van der Waals surface area contributed by atoms with Crippen molar-refractivity contribution < 1.29 is 9.90 Å². The number of urea groups is 1. The molecule has 0 fully saturated rings. The summed E-state index contributed by atoms with van der Waals surface area (Å²) in [5.74, 6) is 0.00355. The number of hydrogen-bond acceptors (Lipinski definition) is 4. The van der Waals surface area contributed by atoms with Crippen molar-refractivity contribution in [2.75, 3.05) is 0 Å². The molecular weight excluding hydrogens is 394 g/mol. The molecule has 1 unspecified atom stereocenters. The topological polar surface area (TPSA) is 74.2 Å². The fourth-order valence-electron chi connectivity index (χ4n) is 3.18. The molecule has 0 aliphatic carbocycles. The summed E-state index contributed by atoms with van der Waals surface area (Å²) in [5, 5.41) is 18.5. The highest BCUT2D eigenvalue weighted by atomic mass is 35.5. The van der Waals surface area contributed by atoms with Crippen LogP contribution < -0.4 is 10.6 Å². The SMILES string of the molecule is CC1=C(c2nc(-c3ccc(C)cc3)cs2)C(c2ccc(O)c(Cl)c2)NC(=O)N1. The Hall–Kier alpha value is -2.83. The summed E-state index contributed by atoms with van der Waals surface area (Å²) in [5.41, 5.74) is 5.52. The molecule has 5 nitrogen and oxygen atoms in total. The van der Waals surface area contributed by atoms with Crippen molar-refractivity contribution in [3.8, 4) is 17.0 Å². The molecule has 28 heavy (non-hydrogen) atoms. The largest absolute Gasteiger partial charge is 0.506 e. The number of amides is 2. The summed E-state index contributed by atoms with van der Waals surface area (Å²) >= 11 is 7.61. The van der Waals surface area contributed by atoms with Gasteiger partial charge in [-0.1, -0.05) is 47.5 Å². The first-order valence-corrected chi connectivity index (χ1v) is 9.98. The summed E-state index contributed by atoms with van der Waals surface area (Å²) in [4.78, 5) is 16.9. The van der Waals surface area contributed by atoms with E-state index in [-0.39, 0.29) is 16.8 Å². The van der Waals surface area contributed by atoms with Crippen molar-refractivity contribution in [3.63, 3.8) is 0 Å². The van der Waals surface area contributed by atoms with E-state index >= 15 is 0 Å². The second-order valence-electron chi connectivity index (χ2n) is 6.68. The molecule has 142 valence electrons. The van der Waals surface area contributed by atoms with Gasteiger partial charge in [0.15, 0.2) is 0 Å². The van der Waals surface area contributed by atoms with Gasteiger partial charge in [-0.05, 0) is 31.5 Å². The Morgan fingerprint density at radius 1 is 1.14 bits per heavy atom. The molecule has 1 aliphatic rings. The van der Waals surface area contributed by atoms with Gasteiger partial charge in [-0.3, -0.25) is 0 Å². The third kappa shape index (κ3) is 3.48. The summed E-state index contributed by atoms with van der Waals surface area (Å²) < 4.78 is 0. The number of carbonyl (C=O) groups excluding carboxylic acids is 1. The fourth-order valence-corrected chi connectivity index (χ4v) is 4.33. The van der Waals surface area contributed by atoms with Gasteiger partial charge in [-0.2, -0.15) is 0 Å². The van der Waals surface area contributed by atoms with Crippen LogP contribution in [-0.2, 0) is 0 Å². The number of benzene rings is 2. The average molecular weight is 412 g/mol. The third-order valence-electron chi connectivity index (χ3n) is 4.66. The van der Waals surface area contributed by atoms with Gasteiger partial charge >= 0.3 is 6.03 Å². The maximum atomic E-state index is 12.1. The van der Waals surface area contributed by atoms with Gasteiger partial charge < -0.3 is 15.7 Å². The first kappa shape index (κ1) is 18.5. The molecule has 1 aromatic heterocycles. The average Bonchev–Trinajstić information content (AvgIpc) is 3.13. The molecule has 1 aliphatic heterocycles. The molecule has 3 aromatic rings. The van der Waals surface area contributed by atoms with Crippen LogP contribution in [0.4, 0.5) is 4.79 Å². The standard InChI is InChI=1S/C21H18ClN3O2S/c1-11-3-5-13(6-4-11)16-10-28-20(24-16)18-12(2)23-21(27)25-19(18)14-7-8-17(26)15(22)9-14/h3-10,19,26H,1-2H3,(H2,23,25,27). The number of phenols is 1. The predicted molar refractivity (Wildman–Crippen MR) is 112 cm³/mol. The highest BCUT2D eigenvalue weighted by Gasteiger charge is 2.30. The van der Waals surface area contributed by atoms with Crippen molar-refractivity contribution in [2.24, 2.45) is 0 Å². The van der Waals surface area contributed by atoms with Crippen LogP contribution in [0.25, 0.3) is 16.8 Å². The van der Waals surface area contributed by atoms with Crippen molar-refractivity contribution in [2.45, 2.75) is 19.9 Å². The maximum absolute atomic E-state index is 12.1. The molecule has 2 amide bonds. The Balaban J connectivity index is 1.77. The number of aromatic nitrogens is 1. The molecule has 0 saturated heterocycles. The normalized spacial score (nSPS) is 16.7. The van der Waals surface area contributed by atoms with Crippen LogP contribution in [0.2, 0.25) is 5.02 Å². The number of carbonyl (C=O) groups is 1. The second kappa shape index (κ2) is 7.30.